The van der Waals surface area contributed by atoms with Gasteiger partial charge in [-0.2, -0.15) is 0 Å². The number of aromatic hydroxyl groups is 1. The Bertz CT molecular complexity index is 1060. The fraction of sp³-hybridized carbons (Fsp3) is 0.286. The summed E-state index contributed by atoms with van der Waals surface area (Å²) >= 11 is 0. The zero-order chi connectivity index (χ0) is 19.4. The van der Waals surface area contributed by atoms with E-state index in [1.807, 2.05) is 18.2 Å². The molecule has 0 saturated carbocycles. The smallest absolute Gasteiger partial charge is 0.411 e. The summed E-state index contributed by atoms with van der Waals surface area (Å²) < 4.78 is 16.0. The van der Waals surface area contributed by atoms with Crippen LogP contribution in [-0.4, -0.2) is 48.0 Å². The minimum absolute atomic E-state index is 0.0463. The van der Waals surface area contributed by atoms with Crippen molar-refractivity contribution >= 4 is 17.0 Å². The lowest BCUT2D eigenvalue weighted by molar-refractivity contribution is 0.147. The van der Waals surface area contributed by atoms with Crippen LogP contribution >= 0.6 is 0 Å². The van der Waals surface area contributed by atoms with Crippen molar-refractivity contribution in [3.8, 4) is 17.2 Å². The van der Waals surface area contributed by atoms with E-state index in [2.05, 4.69) is 11.1 Å². The van der Waals surface area contributed by atoms with Gasteiger partial charge in [0.25, 0.3) is 0 Å². The van der Waals surface area contributed by atoms with Crippen molar-refractivity contribution in [3.05, 3.63) is 53.2 Å². The molecule has 144 valence electrons. The number of aromatic amines is 1. The molecule has 5 rings (SSSR count). The SMILES string of the molecule is COc1cc([C@@H]2c3[nH]c4ccccc4c3C[C@@H]3COC(=O)N32)cc(OC)c1O. The fourth-order valence-electron chi connectivity index (χ4n) is 4.39. The lowest BCUT2D eigenvalue weighted by atomic mass is 9.89. The van der Waals surface area contributed by atoms with Gasteiger partial charge in [-0.15, -0.1) is 0 Å². The number of rotatable bonds is 3. The Morgan fingerprint density at radius 2 is 1.89 bits per heavy atom. The Hall–Kier alpha value is -3.35. The van der Waals surface area contributed by atoms with Crippen LogP contribution in [0.1, 0.15) is 22.9 Å². The minimum atomic E-state index is -0.389. The molecule has 28 heavy (non-hydrogen) atoms. The van der Waals surface area contributed by atoms with Crippen LogP contribution in [0.25, 0.3) is 10.9 Å². The van der Waals surface area contributed by atoms with Crippen molar-refractivity contribution in [1.82, 2.24) is 9.88 Å². The Labute approximate surface area is 161 Å². The first-order valence-corrected chi connectivity index (χ1v) is 9.11. The normalized spacial score (nSPS) is 20.6. The van der Waals surface area contributed by atoms with E-state index >= 15 is 0 Å². The molecule has 1 amide bonds. The highest BCUT2D eigenvalue weighted by Crippen LogP contribution is 2.46. The standard InChI is InChI=1S/C21H20N2O5/c1-26-16-7-11(8-17(27-2)20(16)24)19-18-14(9-12-10-28-21(25)23(12)19)13-5-3-4-6-15(13)22-18/h3-8,12,19,22,24H,9-10H2,1-2H3/t12-,19-/m1/s1. The molecule has 3 heterocycles. The van der Waals surface area contributed by atoms with E-state index < -0.39 is 0 Å². The van der Waals surface area contributed by atoms with Crippen LogP contribution in [0, 0.1) is 0 Å². The van der Waals surface area contributed by atoms with E-state index in [1.54, 1.807) is 17.0 Å². The summed E-state index contributed by atoms with van der Waals surface area (Å²) in [5.74, 6) is 0.519. The number of carbonyl (C=O) groups is 1. The van der Waals surface area contributed by atoms with Gasteiger partial charge in [-0.3, -0.25) is 4.90 Å². The number of hydrogen-bond acceptors (Lipinski definition) is 5. The maximum Gasteiger partial charge on any atom is 0.411 e. The van der Waals surface area contributed by atoms with Crippen molar-refractivity contribution in [2.24, 2.45) is 0 Å². The van der Waals surface area contributed by atoms with Gasteiger partial charge in [-0.05, 0) is 35.7 Å². The minimum Gasteiger partial charge on any atom is -0.502 e. The lowest BCUT2D eigenvalue weighted by Crippen LogP contribution is -2.42. The number of para-hydroxylation sites is 1. The number of phenols is 1. The summed E-state index contributed by atoms with van der Waals surface area (Å²) in [4.78, 5) is 17.8. The van der Waals surface area contributed by atoms with Gasteiger partial charge in [-0.25, -0.2) is 4.79 Å². The first kappa shape index (κ1) is 16.8. The molecule has 1 aromatic heterocycles. The number of ether oxygens (including phenoxy) is 3. The quantitative estimate of drug-likeness (QED) is 0.728. The third kappa shape index (κ3) is 2.25. The van der Waals surface area contributed by atoms with Gasteiger partial charge in [0, 0.05) is 16.6 Å². The van der Waals surface area contributed by atoms with Crippen molar-refractivity contribution in [1.29, 1.82) is 0 Å². The lowest BCUT2D eigenvalue weighted by Gasteiger charge is -2.36. The molecule has 0 aliphatic carbocycles. The molecule has 1 fully saturated rings. The third-order valence-corrected chi connectivity index (χ3v) is 5.66. The zero-order valence-corrected chi connectivity index (χ0v) is 15.6. The van der Waals surface area contributed by atoms with Gasteiger partial charge in [-0.1, -0.05) is 18.2 Å². The number of carbonyl (C=O) groups excluding carboxylic acids is 1. The first-order chi connectivity index (χ1) is 13.6. The van der Waals surface area contributed by atoms with Crippen LogP contribution < -0.4 is 9.47 Å². The molecule has 0 bridgehead atoms. The van der Waals surface area contributed by atoms with Crippen LogP contribution in [0.2, 0.25) is 0 Å². The van der Waals surface area contributed by atoms with Crippen LogP contribution in [0.3, 0.4) is 0 Å². The Balaban J connectivity index is 1.76. The van der Waals surface area contributed by atoms with Gasteiger partial charge in [0.2, 0.25) is 5.75 Å². The molecule has 2 atom stereocenters. The third-order valence-electron chi connectivity index (χ3n) is 5.66. The number of methoxy groups -OCH3 is 2. The highest BCUT2D eigenvalue weighted by molar-refractivity contribution is 5.86. The fourth-order valence-corrected chi connectivity index (χ4v) is 4.39. The van der Waals surface area contributed by atoms with Gasteiger partial charge < -0.3 is 24.3 Å². The predicted octanol–water partition coefficient (Wildman–Crippen LogP) is 3.36. The average molecular weight is 380 g/mol. The molecule has 0 unspecified atom stereocenters. The number of benzene rings is 2. The summed E-state index contributed by atoms with van der Waals surface area (Å²) in [7, 11) is 2.97. The highest BCUT2D eigenvalue weighted by Gasteiger charge is 2.45. The van der Waals surface area contributed by atoms with Crippen LogP contribution in [0.15, 0.2) is 36.4 Å². The van der Waals surface area contributed by atoms with E-state index in [0.717, 1.165) is 28.6 Å². The summed E-state index contributed by atoms with van der Waals surface area (Å²) in [5.41, 5.74) is 3.95. The largest absolute Gasteiger partial charge is 0.502 e. The molecular weight excluding hydrogens is 360 g/mol. The zero-order valence-electron chi connectivity index (χ0n) is 15.6. The van der Waals surface area contributed by atoms with E-state index in [0.29, 0.717) is 18.1 Å². The molecule has 0 spiro atoms. The maximum atomic E-state index is 12.6. The van der Waals surface area contributed by atoms with Gasteiger partial charge >= 0.3 is 6.09 Å². The second kappa shape index (κ2) is 6.09. The number of hydrogen-bond donors (Lipinski definition) is 2. The summed E-state index contributed by atoms with van der Waals surface area (Å²) in [6, 6.07) is 11.2. The van der Waals surface area contributed by atoms with E-state index in [9.17, 15) is 9.90 Å². The topological polar surface area (TPSA) is 84.0 Å². The Morgan fingerprint density at radius 1 is 1.18 bits per heavy atom. The number of nitrogens with one attached hydrogen (secondary N) is 1. The molecule has 2 aliphatic heterocycles. The molecule has 2 N–H and O–H groups in total. The van der Waals surface area contributed by atoms with E-state index in [1.165, 1.54) is 19.8 Å². The van der Waals surface area contributed by atoms with Crippen molar-refractivity contribution in [3.63, 3.8) is 0 Å². The maximum absolute atomic E-state index is 12.6. The van der Waals surface area contributed by atoms with E-state index in [4.69, 9.17) is 14.2 Å². The van der Waals surface area contributed by atoms with Crippen LogP contribution in [0.4, 0.5) is 4.79 Å². The van der Waals surface area contributed by atoms with Crippen molar-refractivity contribution in [2.75, 3.05) is 20.8 Å². The monoisotopic (exact) mass is 380 g/mol. The molecule has 1 saturated heterocycles. The van der Waals surface area contributed by atoms with E-state index in [-0.39, 0.29) is 23.9 Å². The Morgan fingerprint density at radius 3 is 2.61 bits per heavy atom. The Kier molecular flexibility index (Phi) is 3.65. The second-order valence-corrected chi connectivity index (χ2v) is 7.08. The molecular formula is C21H20N2O5. The molecule has 7 heteroatoms. The molecule has 2 aliphatic rings. The molecule has 7 nitrogen and oxygen atoms in total. The molecule has 2 aromatic carbocycles. The number of cyclic esters (lactones) is 1. The second-order valence-electron chi connectivity index (χ2n) is 7.08. The number of aromatic nitrogens is 1. The number of fused-ring (bicyclic) bond motifs is 4. The van der Waals surface area contributed by atoms with Crippen molar-refractivity contribution < 1.29 is 24.1 Å². The summed E-state index contributed by atoms with van der Waals surface area (Å²) in [5, 5.41) is 11.4. The predicted molar refractivity (Wildman–Crippen MR) is 102 cm³/mol. The number of H-pyrrole nitrogens is 1. The number of nitrogens with zero attached hydrogens (tertiary/aromatic N) is 1. The highest BCUT2D eigenvalue weighted by atomic mass is 16.6. The molecule has 3 aromatic rings. The van der Waals surface area contributed by atoms with Crippen LogP contribution in [0.5, 0.6) is 17.2 Å². The average Bonchev–Trinajstić information content (AvgIpc) is 3.27. The summed E-state index contributed by atoms with van der Waals surface area (Å²) in [6.45, 7) is 0.362. The van der Waals surface area contributed by atoms with Gasteiger partial charge in [0.05, 0.1) is 20.3 Å². The van der Waals surface area contributed by atoms with Crippen LogP contribution in [-0.2, 0) is 11.2 Å². The number of phenolic OH excluding ortho intramolecular Hbond substituents is 1. The molecule has 0 radical (unpaired) electrons. The summed E-state index contributed by atoms with van der Waals surface area (Å²) in [6.07, 6.45) is 0.388. The van der Waals surface area contributed by atoms with Crippen molar-refractivity contribution in [2.45, 2.75) is 18.5 Å². The van der Waals surface area contributed by atoms with Gasteiger partial charge in [0.1, 0.15) is 12.6 Å². The number of amides is 1. The van der Waals surface area contributed by atoms with Gasteiger partial charge in [0.15, 0.2) is 11.5 Å². The first-order valence-electron chi connectivity index (χ1n) is 9.11.